The van der Waals surface area contributed by atoms with Gasteiger partial charge in [0.05, 0.1) is 0 Å². The molecule has 6 nitrogen and oxygen atoms in total. The Bertz CT molecular complexity index is 387. The lowest BCUT2D eigenvalue weighted by Crippen LogP contribution is -2.46. The predicted octanol–water partition coefficient (Wildman–Crippen LogP) is 0.570. The number of carbonyl (C=O) groups excluding carboxylic acids is 2. The molecule has 0 radical (unpaired) electrons. The maximum absolute atomic E-state index is 12.0. The van der Waals surface area contributed by atoms with Gasteiger partial charge in [-0.3, -0.25) is 4.79 Å². The van der Waals surface area contributed by atoms with Crippen molar-refractivity contribution in [3.63, 3.8) is 0 Å². The molecule has 94 valence electrons. The summed E-state index contributed by atoms with van der Waals surface area (Å²) in [6, 6.07) is -1.62. The van der Waals surface area contributed by atoms with Gasteiger partial charge in [-0.15, -0.1) is 0 Å². The maximum atomic E-state index is 12.0. The van der Waals surface area contributed by atoms with Crippen LogP contribution in [-0.2, 0) is 9.59 Å². The van der Waals surface area contributed by atoms with Gasteiger partial charge < -0.3 is 10.4 Å². The number of urea groups is 1. The lowest BCUT2D eigenvalue weighted by atomic mass is 10.0. The minimum atomic E-state index is -1.13. The quantitative estimate of drug-likeness (QED) is 0.703. The molecule has 2 rings (SSSR count). The largest absolute Gasteiger partial charge is 0.480 e. The van der Waals surface area contributed by atoms with Crippen LogP contribution in [0.2, 0.25) is 0 Å². The third-order valence-corrected chi connectivity index (χ3v) is 3.23. The van der Waals surface area contributed by atoms with E-state index in [0.717, 1.165) is 4.90 Å². The van der Waals surface area contributed by atoms with E-state index in [1.165, 1.54) is 0 Å². The number of hydrogen-bond donors (Lipinski definition) is 2. The van der Waals surface area contributed by atoms with Gasteiger partial charge in [-0.05, 0) is 25.2 Å². The van der Waals surface area contributed by atoms with Crippen LogP contribution < -0.4 is 5.32 Å². The Hall–Kier alpha value is -1.59. The Morgan fingerprint density at radius 1 is 1.47 bits per heavy atom. The molecule has 1 saturated heterocycles. The van der Waals surface area contributed by atoms with Gasteiger partial charge in [0.25, 0.3) is 5.91 Å². The SMILES string of the molecule is CC(C)CC(C(=O)O)N1C(=O)NC2(CC2)C1=O. The van der Waals surface area contributed by atoms with Gasteiger partial charge in [0.2, 0.25) is 0 Å². The molecule has 1 unspecified atom stereocenters. The summed E-state index contributed by atoms with van der Waals surface area (Å²) in [6.07, 6.45) is 1.51. The van der Waals surface area contributed by atoms with Crippen LogP contribution in [0.15, 0.2) is 0 Å². The van der Waals surface area contributed by atoms with E-state index >= 15 is 0 Å². The molecule has 1 aliphatic carbocycles. The van der Waals surface area contributed by atoms with E-state index in [2.05, 4.69) is 5.32 Å². The number of rotatable bonds is 4. The number of carboxylic acids is 1. The fourth-order valence-corrected chi connectivity index (χ4v) is 2.15. The van der Waals surface area contributed by atoms with Crippen LogP contribution in [0.1, 0.15) is 33.1 Å². The van der Waals surface area contributed by atoms with Crippen molar-refractivity contribution in [2.24, 2.45) is 5.92 Å². The number of nitrogens with one attached hydrogen (secondary N) is 1. The molecule has 0 aromatic carbocycles. The first kappa shape index (κ1) is 11.9. The summed E-state index contributed by atoms with van der Waals surface area (Å²) in [5.41, 5.74) is -0.776. The third kappa shape index (κ3) is 1.87. The molecule has 2 N–H and O–H groups in total. The Kier molecular flexibility index (Phi) is 2.60. The number of hydrogen-bond acceptors (Lipinski definition) is 3. The highest BCUT2D eigenvalue weighted by atomic mass is 16.4. The van der Waals surface area contributed by atoms with E-state index in [0.29, 0.717) is 12.8 Å². The molecule has 1 saturated carbocycles. The second kappa shape index (κ2) is 3.72. The second-order valence-corrected chi connectivity index (χ2v) is 5.17. The normalized spacial score (nSPS) is 23.1. The Labute approximate surface area is 99.0 Å². The van der Waals surface area contributed by atoms with Gasteiger partial charge in [-0.25, -0.2) is 14.5 Å². The van der Waals surface area contributed by atoms with Crippen molar-refractivity contribution in [3.05, 3.63) is 0 Å². The van der Waals surface area contributed by atoms with E-state index in [1.807, 2.05) is 13.8 Å². The van der Waals surface area contributed by atoms with Crippen LogP contribution in [0.25, 0.3) is 0 Å². The van der Waals surface area contributed by atoms with Crippen LogP contribution in [0.4, 0.5) is 4.79 Å². The van der Waals surface area contributed by atoms with Gasteiger partial charge in [-0.1, -0.05) is 13.8 Å². The average molecular weight is 240 g/mol. The predicted molar refractivity (Wildman–Crippen MR) is 58.2 cm³/mol. The van der Waals surface area contributed by atoms with Crippen molar-refractivity contribution >= 4 is 17.9 Å². The van der Waals surface area contributed by atoms with Crippen LogP contribution in [0.3, 0.4) is 0 Å². The molecular formula is C11H16N2O4. The fraction of sp³-hybridized carbons (Fsp3) is 0.727. The molecule has 0 aromatic heterocycles. The van der Waals surface area contributed by atoms with E-state index in [-0.39, 0.29) is 18.2 Å². The van der Waals surface area contributed by atoms with E-state index < -0.39 is 23.6 Å². The van der Waals surface area contributed by atoms with E-state index in [4.69, 9.17) is 5.11 Å². The van der Waals surface area contributed by atoms with Gasteiger partial charge >= 0.3 is 12.0 Å². The minimum absolute atomic E-state index is 0.104. The summed E-state index contributed by atoms with van der Waals surface area (Å²) in [5.74, 6) is -1.40. The molecular weight excluding hydrogens is 224 g/mol. The van der Waals surface area contributed by atoms with Crippen molar-refractivity contribution in [2.45, 2.75) is 44.7 Å². The number of carboxylic acid groups (broad SMARTS) is 1. The van der Waals surface area contributed by atoms with Crippen molar-refractivity contribution in [3.8, 4) is 0 Å². The topological polar surface area (TPSA) is 86.7 Å². The highest BCUT2D eigenvalue weighted by Gasteiger charge is 2.61. The first-order chi connectivity index (χ1) is 7.87. The van der Waals surface area contributed by atoms with Crippen LogP contribution >= 0.6 is 0 Å². The number of amides is 3. The Balaban J connectivity index is 2.21. The smallest absolute Gasteiger partial charge is 0.327 e. The van der Waals surface area contributed by atoms with Crippen LogP contribution in [-0.4, -0.2) is 39.5 Å². The van der Waals surface area contributed by atoms with Crippen molar-refractivity contribution in [2.75, 3.05) is 0 Å². The molecule has 0 bridgehead atoms. The minimum Gasteiger partial charge on any atom is -0.480 e. The first-order valence-electron chi connectivity index (χ1n) is 5.76. The number of nitrogens with zero attached hydrogens (tertiary/aromatic N) is 1. The van der Waals surface area contributed by atoms with Crippen LogP contribution in [0.5, 0.6) is 0 Å². The molecule has 0 aromatic rings. The van der Waals surface area contributed by atoms with Crippen molar-refractivity contribution in [1.29, 1.82) is 0 Å². The summed E-state index contributed by atoms with van der Waals surface area (Å²) >= 11 is 0. The third-order valence-electron chi connectivity index (χ3n) is 3.23. The average Bonchev–Trinajstić information content (AvgIpc) is 2.91. The van der Waals surface area contributed by atoms with Crippen LogP contribution in [0, 0.1) is 5.92 Å². The Morgan fingerprint density at radius 3 is 2.41 bits per heavy atom. The standard InChI is InChI=1S/C11H16N2O4/c1-6(2)5-7(8(14)15)13-9(16)11(3-4-11)12-10(13)17/h6-7H,3-5H2,1-2H3,(H,12,17)(H,14,15). The first-order valence-corrected chi connectivity index (χ1v) is 5.76. The summed E-state index contributed by atoms with van der Waals surface area (Å²) in [5, 5.41) is 11.7. The van der Waals surface area contributed by atoms with Gasteiger partial charge in [0.1, 0.15) is 11.6 Å². The summed E-state index contributed by atoms with van der Waals surface area (Å²) in [6.45, 7) is 3.72. The van der Waals surface area contributed by atoms with Crippen molar-refractivity contribution < 1.29 is 19.5 Å². The molecule has 1 aliphatic heterocycles. The zero-order valence-electron chi connectivity index (χ0n) is 9.90. The summed E-state index contributed by atoms with van der Waals surface area (Å²) < 4.78 is 0. The molecule has 1 atom stereocenters. The monoisotopic (exact) mass is 240 g/mol. The molecule has 6 heteroatoms. The van der Waals surface area contributed by atoms with Gasteiger partial charge in [-0.2, -0.15) is 0 Å². The molecule has 2 aliphatic rings. The zero-order valence-corrected chi connectivity index (χ0v) is 9.90. The number of aliphatic carboxylic acids is 1. The highest BCUT2D eigenvalue weighted by Crippen LogP contribution is 2.41. The molecule has 17 heavy (non-hydrogen) atoms. The zero-order chi connectivity index (χ0) is 12.8. The summed E-state index contributed by atoms with van der Waals surface area (Å²) in [7, 11) is 0. The number of carbonyl (C=O) groups is 3. The van der Waals surface area contributed by atoms with Crippen molar-refractivity contribution in [1.82, 2.24) is 10.2 Å². The molecule has 1 spiro atoms. The molecule has 3 amide bonds. The summed E-state index contributed by atoms with van der Waals surface area (Å²) in [4.78, 5) is 35.8. The maximum Gasteiger partial charge on any atom is 0.327 e. The molecule has 2 fully saturated rings. The lowest BCUT2D eigenvalue weighted by Gasteiger charge is -2.23. The fourth-order valence-electron chi connectivity index (χ4n) is 2.15. The second-order valence-electron chi connectivity index (χ2n) is 5.17. The Morgan fingerprint density at radius 2 is 2.06 bits per heavy atom. The number of imide groups is 1. The highest BCUT2D eigenvalue weighted by molar-refractivity contribution is 6.10. The molecule has 1 heterocycles. The lowest BCUT2D eigenvalue weighted by molar-refractivity contribution is -0.147. The van der Waals surface area contributed by atoms with E-state index in [9.17, 15) is 14.4 Å². The van der Waals surface area contributed by atoms with Gasteiger partial charge in [0.15, 0.2) is 0 Å². The van der Waals surface area contributed by atoms with E-state index in [1.54, 1.807) is 0 Å². The van der Waals surface area contributed by atoms with Gasteiger partial charge in [0, 0.05) is 0 Å².